The Kier molecular flexibility index (Phi) is 4.77. The molecule has 1 saturated heterocycles. The molecule has 9 heteroatoms. The van der Waals surface area contributed by atoms with E-state index in [9.17, 15) is 19.8 Å². The molecule has 1 aliphatic heterocycles. The lowest BCUT2D eigenvalue weighted by atomic mass is 10.0. The summed E-state index contributed by atoms with van der Waals surface area (Å²) in [6.07, 6.45) is 3.45. The summed E-state index contributed by atoms with van der Waals surface area (Å²) in [7, 11) is 1.62. The number of aliphatic hydroxyl groups is 1. The van der Waals surface area contributed by atoms with Crippen LogP contribution in [0.2, 0.25) is 0 Å². The van der Waals surface area contributed by atoms with E-state index in [1.54, 1.807) is 49.8 Å². The van der Waals surface area contributed by atoms with Gasteiger partial charge in [0.05, 0.1) is 0 Å². The molecule has 2 N–H and O–H groups in total. The molecule has 1 fully saturated rings. The van der Waals surface area contributed by atoms with E-state index in [1.165, 1.54) is 15.6 Å². The summed E-state index contributed by atoms with van der Waals surface area (Å²) in [6.45, 7) is 0.441. The van der Waals surface area contributed by atoms with Gasteiger partial charge in [0.2, 0.25) is 5.60 Å². The van der Waals surface area contributed by atoms with Gasteiger partial charge >= 0.3 is 5.97 Å². The minimum atomic E-state index is -1.70. The lowest BCUT2D eigenvalue weighted by Gasteiger charge is -2.13. The average molecular weight is 403 g/mol. The number of benzene rings is 1. The van der Waals surface area contributed by atoms with Crippen LogP contribution in [-0.4, -0.2) is 65.9 Å². The zero-order valence-corrected chi connectivity index (χ0v) is 16.0. The Morgan fingerprint density at radius 3 is 2.73 bits per heavy atom. The maximum absolute atomic E-state index is 12.1. The molecule has 30 heavy (non-hydrogen) atoms. The van der Waals surface area contributed by atoms with E-state index in [0.717, 1.165) is 0 Å². The van der Waals surface area contributed by atoms with Gasteiger partial charge in [-0.15, -0.1) is 0 Å². The zero-order chi connectivity index (χ0) is 21.3. The van der Waals surface area contributed by atoms with Crippen molar-refractivity contribution < 1.29 is 19.8 Å². The van der Waals surface area contributed by atoms with Crippen molar-refractivity contribution in [1.82, 2.24) is 24.6 Å². The minimum Gasteiger partial charge on any atom is -0.477 e. The number of nitrogens with zero attached hydrogens (tertiary/aromatic N) is 5. The number of hydrogen-bond acceptors (Lipinski definition) is 6. The van der Waals surface area contributed by atoms with Gasteiger partial charge in [0.1, 0.15) is 0 Å². The van der Waals surface area contributed by atoms with E-state index in [4.69, 9.17) is 0 Å². The topological polar surface area (TPSA) is 121 Å². The summed E-state index contributed by atoms with van der Waals surface area (Å²) in [6, 6.07) is 9.87. The predicted molar refractivity (Wildman–Crippen MR) is 106 cm³/mol. The summed E-state index contributed by atoms with van der Waals surface area (Å²) in [4.78, 5) is 33.6. The van der Waals surface area contributed by atoms with E-state index < -0.39 is 17.5 Å². The van der Waals surface area contributed by atoms with Crippen molar-refractivity contribution in [2.24, 2.45) is 0 Å². The summed E-state index contributed by atoms with van der Waals surface area (Å²) in [5.41, 5.74) is -0.790. The fourth-order valence-corrected chi connectivity index (χ4v) is 3.08. The average Bonchev–Trinajstić information content (AvgIpc) is 3.38. The number of carbonyl (C=O) groups excluding carboxylic acids is 1. The third kappa shape index (κ3) is 3.64. The maximum Gasteiger partial charge on any atom is 0.354 e. The van der Waals surface area contributed by atoms with Crippen LogP contribution in [-0.2, 0) is 4.79 Å². The molecule has 0 radical (unpaired) electrons. The number of aromatic nitrogens is 4. The van der Waals surface area contributed by atoms with Crippen molar-refractivity contribution in [3.05, 3.63) is 60.0 Å². The first kappa shape index (κ1) is 19.3. The van der Waals surface area contributed by atoms with Crippen LogP contribution in [0.1, 0.15) is 22.5 Å². The molecular formula is C21H17N5O4. The van der Waals surface area contributed by atoms with Gasteiger partial charge in [0, 0.05) is 49.6 Å². The molecule has 4 rings (SSSR count). The Balaban J connectivity index is 1.72. The molecule has 150 valence electrons. The van der Waals surface area contributed by atoms with Crippen LogP contribution >= 0.6 is 0 Å². The molecule has 0 spiro atoms. The van der Waals surface area contributed by atoms with Gasteiger partial charge < -0.3 is 15.1 Å². The van der Waals surface area contributed by atoms with E-state index in [2.05, 4.69) is 26.9 Å². The highest BCUT2D eigenvalue weighted by Crippen LogP contribution is 2.22. The highest BCUT2D eigenvalue weighted by molar-refractivity contribution is 5.90. The molecule has 0 unspecified atom stereocenters. The molecular weight excluding hydrogens is 386 g/mol. The first-order valence-electron chi connectivity index (χ1n) is 9.10. The van der Waals surface area contributed by atoms with E-state index >= 15 is 0 Å². The second-order valence-electron chi connectivity index (χ2n) is 6.86. The number of carbonyl (C=O) groups is 2. The van der Waals surface area contributed by atoms with Gasteiger partial charge in [-0.05, 0) is 18.2 Å². The Bertz CT molecular complexity index is 1200. The zero-order valence-electron chi connectivity index (χ0n) is 16.0. The van der Waals surface area contributed by atoms with Gasteiger partial charge in [-0.3, -0.25) is 4.79 Å². The predicted octanol–water partition coefficient (Wildman–Crippen LogP) is 0.972. The number of aromatic carboxylic acids is 1. The number of hydrogen-bond donors (Lipinski definition) is 2. The fraction of sp³-hybridized carbons (Fsp3) is 0.190. The van der Waals surface area contributed by atoms with Crippen LogP contribution in [0.25, 0.3) is 17.2 Å². The number of carboxylic acids is 1. The van der Waals surface area contributed by atoms with Gasteiger partial charge in [0.15, 0.2) is 17.3 Å². The summed E-state index contributed by atoms with van der Waals surface area (Å²) < 4.78 is 1.44. The van der Waals surface area contributed by atoms with E-state index in [-0.39, 0.29) is 17.9 Å². The lowest BCUT2D eigenvalue weighted by Crippen LogP contribution is -2.37. The monoisotopic (exact) mass is 403 g/mol. The molecule has 1 aromatic carbocycles. The second kappa shape index (κ2) is 7.42. The fourth-order valence-electron chi connectivity index (χ4n) is 3.08. The molecule has 3 heterocycles. The number of rotatable bonds is 3. The van der Waals surface area contributed by atoms with Gasteiger partial charge in [-0.2, -0.15) is 5.10 Å². The Hall–Kier alpha value is -4.03. The Morgan fingerprint density at radius 1 is 1.23 bits per heavy atom. The maximum atomic E-state index is 12.1. The van der Waals surface area contributed by atoms with Crippen LogP contribution in [0.4, 0.5) is 0 Å². The van der Waals surface area contributed by atoms with Crippen molar-refractivity contribution in [3.63, 3.8) is 0 Å². The molecule has 1 atom stereocenters. The van der Waals surface area contributed by atoms with Crippen LogP contribution in [0.5, 0.6) is 0 Å². The van der Waals surface area contributed by atoms with Crippen LogP contribution < -0.4 is 0 Å². The van der Waals surface area contributed by atoms with Crippen molar-refractivity contribution >= 4 is 11.9 Å². The molecule has 0 aliphatic carbocycles. The number of likely N-dealkylation sites (N-methyl/N-ethyl adjacent to an activating group) is 1. The standard InChI is InChI=1S/C21H17N5O4/c1-25-11-8-21(30,20(25)29)7-6-14-4-2-5-15(12-14)18-23-16(19(27)28)13-17(24-18)26-10-3-9-22-26/h2-5,9-10,12-13,30H,8,11H2,1H3,(H,27,28)/t21-/m0/s1. The third-order valence-electron chi connectivity index (χ3n) is 4.71. The SMILES string of the molecule is CN1CC[C@@](O)(C#Cc2cccc(-c3nc(C(=O)O)cc(-n4cccn4)n3)c2)C1=O. The van der Waals surface area contributed by atoms with Gasteiger partial charge in [-0.1, -0.05) is 24.0 Å². The molecule has 1 amide bonds. The molecule has 2 aromatic heterocycles. The Labute approximate surface area is 171 Å². The number of carboxylic acid groups (broad SMARTS) is 1. The molecule has 0 bridgehead atoms. The van der Waals surface area contributed by atoms with E-state index in [1.807, 2.05) is 0 Å². The van der Waals surface area contributed by atoms with Crippen LogP contribution in [0, 0.1) is 11.8 Å². The minimum absolute atomic E-state index is 0.170. The first-order valence-corrected chi connectivity index (χ1v) is 9.10. The number of likely N-dealkylation sites (tertiary alicyclic amines) is 1. The van der Waals surface area contributed by atoms with Crippen molar-refractivity contribution in [1.29, 1.82) is 0 Å². The highest BCUT2D eigenvalue weighted by atomic mass is 16.4. The largest absolute Gasteiger partial charge is 0.477 e. The highest BCUT2D eigenvalue weighted by Gasteiger charge is 2.42. The summed E-state index contributed by atoms with van der Waals surface area (Å²) >= 11 is 0. The summed E-state index contributed by atoms with van der Waals surface area (Å²) in [5.74, 6) is 4.39. The summed E-state index contributed by atoms with van der Waals surface area (Å²) in [5, 5.41) is 23.9. The normalized spacial score (nSPS) is 18.2. The molecule has 9 nitrogen and oxygen atoms in total. The quantitative estimate of drug-likeness (QED) is 0.625. The van der Waals surface area contributed by atoms with Crippen molar-refractivity contribution in [2.75, 3.05) is 13.6 Å². The molecule has 1 aliphatic rings. The Morgan fingerprint density at radius 2 is 2.07 bits per heavy atom. The number of amides is 1. The first-order chi connectivity index (χ1) is 14.4. The second-order valence-corrected chi connectivity index (χ2v) is 6.86. The lowest BCUT2D eigenvalue weighted by molar-refractivity contribution is -0.137. The van der Waals surface area contributed by atoms with Gasteiger partial charge in [0.25, 0.3) is 5.91 Å². The van der Waals surface area contributed by atoms with Crippen molar-refractivity contribution in [3.8, 4) is 29.0 Å². The third-order valence-corrected chi connectivity index (χ3v) is 4.71. The van der Waals surface area contributed by atoms with Crippen LogP contribution in [0.15, 0.2) is 48.8 Å². The van der Waals surface area contributed by atoms with E-state index in [0.29, 0.717) is 23.5 Å². The molecule has 3 aromatic rings. The van der Waals surface area contributed by atoms with Crippen molar-refractivity contribution in [2.45, 2.75) is 12.0 Å². The smallest absolute Gasteiger partial charge is 0.354 e. The molecule has 0 saturated carbocycles. The van der Waals surface area contributed by atoms with Crippen LogP contribution in [0.3, 0.4) is 0 Å². The van der Waals surface area contributed by atoms with Gasteiger partial charge in [-0.25, -0.2) is 19.4 Å².